The second kappa shape index (κ2) is 9.22. The Kier molecular flexibility index (Phi) is 6.47. The van der Waals surface area contributed by atoms with Crippen LogP contribution in [0.25, 0.3) is 0 Å². The number of aliphatic hydroxyl groups excluding tert-OH is 1. The molecule has 0 aliphatic carbocycles. The third-order valence-electron chi connectivity index (χ3n) is 4.76. The number of hydrogen-bond acceptors (Lipinski definition) is 8. The van der Waals surface area contributed by atoms with Gasteiger partial charge in [-0.25, -0.2) is 4.99 Å². The highest BCUT2D eigenvalue weighted by Crippen LogP contribution is 2.25. The van der Waals surface area contributed by atoms with Crippen molar-refractivity contribution in [2.75, 3.05) is 7.05 Å². The van der Waals surface area contributed by atoms with Crippen molar-refractivity contribution >= 4 is 12.1 Å². The van der Waals surface area contributed by atoms with Crippen LogP contribution in [0.3, 0.4) is 0 Å². The molecule has 1 heterocycles. The summed E-state index contributed by atoms with van der Waals surface area (Å²) in [5, 5.41) is 33.8. The van der Waals surface area contributed by atoms with Crippen molar-refractivity contribution in [3.8, 4) is 6.07 Å². The second-order valence-electron chi connectivity index (χ2n) is 6.82. The number of benzene rings is 2. The summed E-state index contributed by atoms with van der Waals surface area (Å²) in [4.78, 5) is 4.27. The summed E-state index contributed by atoms with van der Waals surface area (Å²) >= 11 is 0. The Bertz CT molecular complexity index is 1020. The third-order valence-corrected chi connectivity index (χ3v) is 4.76. The van der Waals surface area contributed by atoms with E-state index in [1.165, 1.54) is 0 Å². The maximum atomic E-state index is 9.78. The molecule has 8 heteroatoms. The molecule has 0 bridgehead atoms. The van der Waals surface area contributed by atoms with Crippen LogP contribution in [0.15, 0.2) is 65.0 Å². The van der Waals surface area contributed by atoms with E-state index in [1.54, 1.807) is 50.5 Å². The molecule has 2 aromatic rings. The summed E-state index contributed by atoms with van der Waals surface area (Å²) in [6, 6.07) is 16.1. The lowest BCUT2D eigenvalue weighted by Gasteiger charge is -2.29. The Hall–Kier alpha value is -3.67. The molecule has 0 saturated carbocycles. The van der Waals surface area contributed by atoms with Crippen molar-refractivity contribution in [2.24, 2.45) is 10.7 Å². The molecule has 1 aliphatic heterocycles. The molecule has 0 amide bonds. The molecule has 1 aliphatic rings. The maximum absolute atomic E-state index is 9.78. The van der Waals surface area contributed by atoms with Crippen LogP contribution in [0.4, 0.5) is 0 Å². The van der Waals surface area contributed by atoms with Crippen LogP contribution in [0.2, 0.25) is 0 Å². The summed E-state index contributed by atoms with van der Waals surface area (Å²) in [5.74, 6) is 0.215. The molecule has 2 aromatic carbocycles. The van der Waals surface area contributed by atoms with Gasteiger partial charge in [0.05, 0.1) is 23.8 Å². The molecule has 3 atom stereocenters. The van der Waals surface area contributed by atoms with E-state index in [0.29, 0.717) is 28.0 Å². The first-order valence-corrected chi connectivity index (χ1v) is 9.44. The first-order chi connectivity index (χ1) is 14.4. The number of ether oxygens (including phenoxy) is 1. The van der Waals surface area contributed by atoms with E-state index in [0.717, 1.165) is 0 Å². The summed E-state index contributed by atoms with van der Waals surface area (Å²) in [7, 11) is 1.69. The molecule has 3 rings (SSSR count). The monoisotopic (exact) mass is 404 g/mol. The normalized spacial score (nSPS) is 17.6. The van der Waals surface area contributed by atoms with Crippen LogP contribution in [0.1, 0.15) is 41.3 Å². The number of likely N-dealkylation sites (N-methyl/N-ethyl adjacent to an activating group) is 1. The SMILES string of the molecule is CNC(OC(=N)c1ccccc1)C1=C(N)N=CC(c2ccc(C(C)O)cc2C#N)N1. The number of aliphatic hydroxyl groups is 1. The summed E-state index contributed by atoms with van der Waals surface area (Å²) < 4.78 is 5.79. The van der Waals surface area contributed by atoms with Crippen LogP contribution in [0, 0.1) is 16.7 Å². The minimum Gasteiger partial charge on any atom is -0.452 e. The van der Waals surface area contributed by atoms with Crippen LogP contribution < -0.4 is 16.4 Å². The van der Waals surface area contributed by atoms with E-state index in [4.69, 9.17) is 15.9 Å². The summed E-state index contributed by atoms with van der Waals surface area (Å²) in [6.07, 6.45) is 0.211. The Morgan fingerprint density at radius 2 is 2.07 bits per heavy atom. The number of nitrogens with zero attached hydrogens (tertiary/aromatic N) is 2. The van der Waals surface area contributed by atoms with E-state index in [2.05, 4.69) is 21.7 Å². The molecule has 154 valence electrons. The van der Waals surface area contributed by atoms with Gasteiger partial charge in [0.25, 0.3) is 0 Å². The molecule has 0 aromatic heterocycles. The number of hydrogen-bond donors (Lipinski definition) is 5. The Morgan fingerprint density at radius 1 is 1.33 bits per heavy atom. The van der Waals surface area contributed by atoms with Gasteiger partial charge >= 0.3 is 0 Å². The fraction of sp³-hybridized carbons (Fsp3) is 0.227. The molecule has 0 fully saturated rings. The average Bonchev–Trinajstić information content (AvgIpc) is 2.78. The van der Waals surface area contributed by atoms with Gasteiger partial charge in [0.2, 0.25) is 5.90 Å². The smallest absolute Gasteiger partial charge is 0.215 e. The highest BCUT2D eigenvalue weighted by molar-refractivity contribution is 5.91. The molecular formula is C22H24N6O2. The van der Waals surface area contributed by atoms with E-state index in [9.17, 15) is 10.4 Å². The third kappa shape index (κ3) is 4.49. The quantitative estimate of drug-likeness (QED) is 0.284. The van der Waals surface area contributed by atoms with Crippen molar-refractivity contribution in [3.05, 3.63) is 82.3 Å². The lowest BCUT2D eigenvalue weighted by molar-refractivity contribution is 0.183. The number of rotatable bonds is 6. The molecule has 0 saturated heterocycles. The second-order valence-corrected chi connectivity index (χ2v) is 6.82. The summed E-state index contributed by atoms with van der Waals surface area (Å²) in [6.45, 7) is 1.65. The van der Waals surface area contributed by atoms with Gasteiger partial charge in [0.1, 0.15) is 11.5 Å². The Morgan fingerprint density at radius 3 is 2.70 bits per heavy atom. The standard InChI is InChI=1S/C22H24N6O2/c1-13(29)15-8-9-17(16(10-15)11-23)18-12-27-20(24)19(28-18)22(26-2)30-21(25)14-6-4-3-5-7-14/h3-10,12-13,18,22,25-26,28-29H,24H2,1-2H3. The Labute approximate surface area is 175 Å². The largest absolute Gasteiger partial charge is 0.452 e. The minimum absolute atomic E-state index is 0.0119. The predicted octanol–water partition coefficient (Wildman–Crippen LogP) is 2.04. The van der Waals surface area contributed by atoms with Crippen molar-refractivity contribution in [1.29, 1.82) is 10.7 Å². The highest BCUT2D eigenvalue weighted by atomic mass is 16.5. The Balaban J connectivity index is 1.84. The van der Waals surface area contributed by atoms with Gasteiger partial charge < -0.3 is 20.9 Å². The average molecular weight is 404 g/mol. The number of nitrogens with one attached hydrogen (secondary N) is 3. The maximum Gasteiger partial charge on any atom is 0.215 e. The van der Waals surface area contributed by atoms with Crippen molar-refractivity contribution in [2.45, 2.75) is 25.3 Å². The van der Waals surface area contributed by atoms with Crippen molar-refractivity contribution in [3.63, 3.8) is 0 Å². The van der Waals surface area contributed by atoms with Gasteiger partial charge in [-0.2, -0.15) is 5.26 Å². The van der Waals surface area contributed by atoms with Crippen LogP contribution in [0.5, 0.6) is 0 Å². The topological polar surface area (TPSA) is 140 Å². The zero-order chi connectivity index (χ0) is 21.7. The number of aliphatic imine (C=N–C) groups is 1. The zero-order valence-electron chi connectivity index (χ0n) is 16.8. The van der Waals surface area contributed by atoms with Gasteiger partial charge in [-0.05, 0) is 43.3 Å². The lowest BCUT2D eigenvalue weighted by Crippen LogP contribution is -2.43. The zero-order valence-corrected chi connectivity index (χ0v) is 16.8. The van der Waals surface area contributed by atoms with Crippen LogP contribution >= 0.6 is 0 Å². The summed E-state index contributed by atoms with van der Waals surface area (Å²) in [5.41, 5.74) is 8.96. The number of nitrogens with two attached hydrogens (primary N) is 1. The van der Waals surface area contributed by atoms with E-state index < -0.39 is 18.4 Å². The fourth-order valence-electron chi connectivity index (χ4n) is 3.11. The van der Waals surface area contributed by atoms with Crippen molar-refractivity contribution < 1.29 is 9.84 Å². The van der Waals surface area contributed by atoms with Crippen molar-refractivity contribution in [1.82, 2.24) is 10.6 Å². The highest BCUT2D eigenvalue weighted by Gasteiger charge is 2.27. The minimum atomic E-state index is -0.736. The van der Waals surface area contributed by atoms with Gasteiger partial charge in [-0.15, -0.1) is 0 Å². The molecule has 3 unspecified atom stereocenters. The molecule has 30 heavy (non-hydrogen) atoms. The molecular weight excluding hydrogens is 380 g/mol. The van der Waals surface area contributed by atoms with E-state index in [1.807, 2.05) is 18.2 Å². The predicted molar refractivity (Wildman–Crippen MR) is 115 cm³/mol. The molecule has 0 spiro atoms. The van der Waals surface area contributed by atoms with Crippen LogP contribution in [-0.4, -0.2) is 30.5 Å². The van der Waals surface area contributed by atoms with Gasteiger partial charge in [-0.1, -0.05) is 30.3 Å². The number of nitriles is 1. The molecule has 8 nitrogen and oxygen atoms in total. The van der Waals surface area contributed by atoms with Crippen LogP contribution in [-0.2, 0) is 4.74 Å². The van der Waals surface area contributed by atoms with Gasteiger partial charge in [-0.3, -0.25) is 10.7 Å². The van der Waals surface area contributed by atoms with E-state index >= 15 is 0 Å². The molecule has 6 N–H and O–H groups in total. The van der Waals surface area contributed by atoms with E-state index in [-0.39, 0.29) is 11.7 Å². The molecule has 0 radical (unpaired) electrons. The van der Waals surface area contributed by atoms with Gasteiger partial charge in [0.15, 0.2) is 6.23 Å². The lowest BCUT2D eigenvalue weighted by atomic mass is 9.96. The first-order valence-electron chi connectivity index (χ1n) is 9.44. The van der Waals surface area contributed by atoms with Gasteiger partial charge in [0, 0.05) is 11.8 Å². The first kappa shape index (κ1) is 21.0. The fourth-order valence-corrected chi connectivity index (χ4v) is 3.11.